The van der Waals surface area contributed by atoms with E-state index in [0.29, 0.717) is 41.1 Å². The number of hydrogen-bond acceptors (Lipinski definition) is 3. The summed E-state index contributed by atoms with van der Waals surface area (Å²) in [6.45, 7) is 4.84. The Morgan fingerprint density at radius 2 is 1.70 bits per heavy atom. The number of nitrogens with one attached hydrogen (secondary N) is 2. The van der Waals surface area contributed by atoms with Crippen LogP contribution in [0.25, 0.3) is 0 Å². The number of ether oxygens (including phenoxy) is 2. The predicted molar refractivity (Wildman–Crippen MR) is 92.9 cm³/mol. The van der Waals surface area contributed by atoms with Crippen molar-refractivity contribution in [3.8, 4) is 11.5 Å². The van der Waals surface area contributed by atoms with Crippen LogP contribution in [0.4, 0.5) is 16.2 Å². The van der Waals surface area contributed by atoms with Gasteiger partial charge in [-0.25, -0.2) is 4.79 Å². The Labute approximate surface area is 140 Å². The Balaban J connectivity index is 2.08. The Morgan fingerprint density at radius 3 is 2.39 bits per heavy atom. The van der Waals surface area contributed by atoms with Crippen LogP contribution in [0.2, 0.25) is 5.02 Å². The number of anilines is 2. The molecule has 0 atom stereocenters. The standard InChI is InChI=1S/C17H19ClN2O3/c1-3-22-15-10-9-12(11-16(15)23-4-2)19-17(21)20-14-8-6-5-7-13(14)18/h5-11H,3-4H2,1-2H3,(H2,19,20,21). The van der Waals surface area contributed by atoms with E-state index in [1.165, 1.54) is 0 Å². The molecule has 6 heteroatoms. The van der Waals surface area contributed by atoms with Gasteiger partial charge in [0.05, 0.1) is 23.9 Å². The molecule has 0 spiro atoms. The van der Waals surface area contributed by atoms with Crippen molar-refractivity contribution in [2.45, 2.75) is 13.8 Å². The maximum Gasteiger partial charge on any atom is 0.323 e. The van der Waals surface area contributed by atoms with Gasteiger partial charge >= 0.3 is 6.03 Å². The molecule has 23 heavy (non-hydrogen) atoms. The maximum atomic E-state index is 12.1. The molecule has 2 N–H and O–H groups in total. The van der Waals surface area contributed by atoms with Gasteiger partial charge in [0.25, 0.3) is 0 Å². The predicted octanol–water partition coefficient (Wildman–Crippen LogP) is 4.78. The van der Waals surface area contributed by atoms with Gasteiger partial charge in [-0.15, -0.1) is 0 Å². The van der Waals surface area contributed by atoms with Crippen LogP contribution in [-0.4, -0.2) is 19.2 Å². The summed E-state index contributed by atoms with van der Waals surface area (Å²) in [7, 11) is 0. The van der Waals surface area contributed by atoms with Crippen molar-refractivity contribution < 1.29 is 14.3 Å². The maximum absolute atomic E-state index is 12.1. The van der Waals surface area contributed by atoms with Crippen LogP contribution in [0, 0.1) is 0 Å². The van der Waals surface area contributed by atoms with Gasteiger partial charge in [-0.1, -0.05) is 23.7 Å². The van der Waals surface area contributed by atoms with E-state index in [1.807, 2.05) is 13.8 Å². The van der Waals surface area contributed by atoms with E-state index in [9.17, 15) is 4.79 Å². The summed E-state index contributed by atoms with van der Waals surface area (Å²) in [6, 6.07) is 11.9. The quantitative estimate of drug-likeness (QED) is 0.799. The first-order valence-electron chi connectivity index (χ1n) is 7.36. The van der Waals surface area contributed by atoms with Crippen molar-refractivity contribution in [1.82, 2.24) is 0 Å². The highest BCUT2D eigenvalue weighted by molar-refractivity contribution is 6.33. The lowest BCUT2D eigenvalue weighted by atomic mass is 10.2. The number of carbonyl (C=O) groups excluding carboxylic acids is 1. The van der Waals surface area contributed by atoms with Gasteiger partial charge in [0.1, 0.15) is 0 Å². The zero-order valence-electron chi connectivity index (χ0n) is 13.1. The fraction of sp³-hybridized carbons (Fsp3) is 0.235. The van der Waals surface area contributed by atoms with Crippen molar-refractivity contribution in [2.75, 3.05) is 23.8 Å². The van der Waals surface area contributed by atoms with E-state index >= 15 is 0 Å². The lowest BCUT2D eigenvalue weighted by Crippen LogP contribution is -2.19. The average molecular weight is 335 g/mol. The monoisotopic (exact) mass is 334 g/mol. The van der Waals surface area contributed by atoms with Crippen molar-refractivity contribution >= 4 is 29.0 Å². The molecular weight excluding hydrogens is 316 g/mol. The Morgan fingerprint density at radius 1 is 1.00 bits per heavy atom. The molecule has 2 amide bonds. The fourth-order valence-corrected chi connectivity index (χ4v) is 2.16. The smallest absolute Gasteiger partial charge is 0.323 e. The van der Waals surface area contributed by atoms with Gasteiger partial charge in [0, 0.05) is 11.8 Å². The molecule has 2 aromatic rings. The molecule has 0 aliphatic heterocycles. The fourth-order valence-electron chi connectivity index (χ4n) is 1.98. The highest BCUT2D eigenvalue weighted by Crippen LogP contribution is 2.30. The number of benzene rings is 2. The molecular formula is C17H19ClN2O3. The van der Waals surface area contributed by atoms with Crippen LogP contribution in [0.3, 0.4) is 0 Å². The second kappa shape index (κ2) is 8.29. The first kappa shape index (κ1) is 17.0. The van der Waals surface area contributed by atoms with Crippen LogP contribution in [0.15, 0.2) is 42.5 Å². The summed E-state index contributed by atoms with van der Waals surface area (Å²) >= 11 is 6.01. The lowest BCUT2D eigenvalue weighted by Gasteiger charge is -2.13. The summed E-state index contributed by atoms with van der Waals surface area (Å²) < 4.78 is 11.0. The molecule has 0 radical (unpaired) electrons. The number of carbonyl (C=O) groups is 1. The molecule has 2 rings (SSSR count). The van der Waals surface area contributed by atoms with Gasteiger partial charge in [-0.05, 0) is 38.1 Å². The lowest BCUT2D eigenvalue weighted by molar-refractivity contribution is 0.262. The molecule has 122 valence electrons. The summed E-state index contributed by atoms with van der Waals surface area (Å²) in [4.78, 5) is 12.1. The Hall–Kier alpha value is -2.40. The number of amides is 2. The van der Waals surface area contributed by atoms with E-state index in [4.69, 9.17) is 21.1 Å². The zero-order valence-corrected chi connectivity index (χ0v) is 13.8. The van der Waals surface area contributed by atoms with Crippen LogP contribution < -0.4 is 20.1 Å². The molecule has 0 bridgehead atoms. The first-order valence-corrected chi connectivity index (χ1v) is 7.74. The zero-order chi connectivity index (χ0) is 16.7. The number of halogens is 1. The third kappa shape index (κ3) is 4.79. The van der Waals surface area contributed by atoms with E-state index in [2.05, 4.69) is 10.6 Å². The topological polar surface area (TPSA) is 59.6 Å². The first-order chi connectivity index (χ1) is 11.1. The van der Waals surface area contributed by atoms with Crippen LogP contribution in [0.1, 0.15) is 13.8 Å². The molecule has 0 fully saturated rings. The van der Waals surface area contributed by atoms with Gasteiger partial charge in [-0.2, -0.15) is 0 Å². The molecule has 0 saturated heterocycles. The normalized spacial score (nSPS) is 10.0. The Kier molecular flexibility index (Phi) is 6.11. The van der Waals surface area contributed by atoms with Crippen LogP contribution in [-0.2, 0) is 0 Å². The minimum atomic E-state index is -0.385. The number of para-hydroxylation sites is 1. The van der Waals surface area contributed by atoms with Gasteiger partial charge in [0.15, 0.2) is 11.5 Å². The average Bonchev–Trinajstić information content (AvgIpc) is 2.52. The van der Waals surface area contributed by atoms with Gasteiger partial charge in [0.2, 0.25) is 0 Å². The molecule has 5 nitrogen and oxygen atoms in total. The molecule has 2 aromatic carbocycles. The highest BCUT2D eigenvalue weighted by atomic mass is 35.5. The third-order valence-corrected chi connectivity index (χ3v) is 3.25. The Bertz CT molecular complexity index is 677. The van der Waals surface area contributed by atoms with Gasteiger partial charge < -0.3 is 20.1 Å². The summed E-state index contributed by atoms with van der Waals surface area (Å²) in [5.74, 6) is 1.23. The molecule has 0 heterocycles. The van der Waals surface area contributed by atoms with Crippen molar-refractivity contribution in [2.24, 2.45) is 0 Å². The van der Waals surface area contributed by atoms with E-state index in [0.717, 1.165) is 0 Å². The minimum absolute atomic E-state index is 0.385. The molecule has 0 saturated carbocycles. The number of hydrogen-bond donors (Lipinski definition) is 2. The van der Waals surface area contributed by atoms with Crippen molar-refractivity contribution in [3.05, 3.63) is 47.5 Å². The van der Waals surface area contributed by atoms with Crippen LogP contribution >= 0.6 is 11.6 Å². The van der Waals surface area contributed by atoms with Crippen molar-refractivity contribution in [3.63, 3.8) is 0 Å². The third-order valence-electron chi connectivity index (χ3n) is 2.92. The molecule has 0 unspecified atom stereocenters. The van der Waals surface area contributed by atoms with E-state index in [-0.39, 0.29) is 6.03 Å². The summed E-state index contributed by atoms with van der Waals surface area (Å²) in [5, 5.41) is 5.91. The van der Waals surface area contributed by atoms with Crippen LogP contribution in [0.5, 0.6) is 11.5 Å². The van der Waals surface area contributed by atoms with Crippen molar-refractivity contribution in [1.29, 1.82) is 0 Å². The molecule has 0 aliphatic rings. The second-order valence-corrected chi connectivity index (χ2v) is 4.99. The summed E-state index contributed by atoms with van der Waals surface area (Å²) in [5.41, 5.74) is 1.14. The van der Waals surface area contributed by atoms with E-state index in [1.54, 1.807) is 42.5 Å². The SMILES string of the molecule is CCOc1ccc(NC(=O)Nc2ccccc2Cl)cc1OCC. The summed E-state index contributed by atoms with van der Waals surface area (Å²) in [6.07, 6.45) is 0. The largest absolute Gasteiger partial charge is 0.490 e. The second-order valence-electron chi connectivity index (χ2n) is 4.59. The van der Waals surface area contributed by atoms with E-state index < -0.39 is 0 Å². The molecule has 0 aliphatic carbocycles. The highest BCUT2D eigenvalue weighted by Gasteiger charge is 2.09. The molecule has 0 aromatic heterocycles. The number of urea groups is 1. The number of rotatable bonds is 6. The van der Waals surface area contributed by atoms with Gasteiger partial charge in [-0.3, -0.25) is 0 Å². The minimum Gasteiger partial charge on any atom is -0.490 e.